The van der Waals surface area contributed by atoms with Crippen LogP contribution in [0.2, 0.25) is 0 Å². The SMILES string of the molecule is O=c1[nH]cc(-c2nc(Br)cs2)c(=O)[nH]1. The molecule has 14 heavy (non-hydrogen) atoms. The number of thiazole rings is 1. The van der Waals surface area contributed by atoms with Gasteiger partial charge in [-0.05, 0) is 15.9 Å². The second-order valence-electron chi connectivity index (χ2n) is 2.46. The quantitative estimate of drug-likeness (QED) is 0.812. The second kappa shape index (κ2) is 3.50. The molecule has 2 rings (SSSR count). The number of aromatic nitrogens is 3. The minimum Gasteiger partial charge on any atom is -0.313 e. The zero-order valence-corrected chi connectivity index (χ0v) is 9.11. The Hall–Kier alpha value is -1.21. The molecular formula is C7H4BrN3O2S. The first-order valence-electron chi connectivity index (χ1n) is 3.60. The number of halogens is 1. The van der Waals surface area contributed by atoms with Gasteiger partial charge in [0.05, 0.1) is 5.56 Å². The van der Waals surface area contributed by atoms with Gasteiger partial charge in [-0.2, -0.15) is 0 Å². The third kappa shape index (κ3) is 1.68. The molecule has 7 heteroatoms. The Morgan fingerprint density at radius 3 is 2.79 bits per heavy atom. The summed E-state index contributed by atoms with van der Waals surface area (Å²) >= 11 is 4.51. The number of nitrogens with zero attached hydrogens (tertiary/aromatic N) is 1. The number of hydrogen-bond acceptors (Lipinski definition) is 4. The average molecular weight is 274 g/mol. The molecule has 0 spiro atoms. The first kappa shape index (κ1) is 9.35. The van der Waals surface area contributed by atoms with Gasteiger partial charge in [0, 0.05) is 11.6 Å². The van der Waals surface area contributed by atoms with Crippen molar-refractivity contribution in [3.63, 3.8) is 0 Å². The molecule has 2 heterocycles. The van der Waals surface area contributed by atoms with Crippen molar-refractivity contribution in [3.8, 4) is 10.6 Å². The molecule has 0 aliphatic rings. The molecule has 0 aromatic carbocycles. The summed E-state index contributed by atoms with van der Waals surface area (Å²) in [6.07, 6.45) is 1.35. The second-order valence-corrected chi connectivity index (χ2v) is 4.13. The topological polar surface area (TPSA) is 78.6 Å². The predicted octanol–water partition coefficient (Wildman–Crippen LogP) is 0.949. The normalized spacial score (nSPS) is 10.4. The molecular weight excluding hydrogens is 270 g/mol. The fourth-order valence-corrected chi connectivity index (χ4v) is 2.21. The highest BCUT2D eigenvalue weighted by Gasteiger charge is 2.07. The summed E-state index contributed by atoms with van der Waals surface area (Å²) in [5.41, 5.74) is -0.592. The molecule has 2 aromatic heterocycles. The van der Waals surface area contributed by atoms with Crippen LogP contribution in [0, 0.1) is 0 Å². The van der Waals surface area contributed by atoms with Gasteiger partial charge in [0.25, 0.3) is 5.56 Å². The van der Waals surface area contributed by atoms with Crippen molar-refractivity contribution in [3.05, 3.63) is 37.0 Å². The molecule has 0 fully saturated rings. The van der Waals surface area contributed by atoms with Crippen molar-refractivity contribution in [1.29, 1.82) is 0 Å². The molecule has 0 unspecified atom stereocenters. The molecule has 0 atom stereocenters. The van der Waals surface area contributed by atoms with E-state index in [9.17, 15) is 9.59 Å². The van der Waals surface area contributed by atoms with Gasteiger partial charge in [-0.3, -0.25) is 9.78 Å². The van der Waals surface area contributed by atoms with E-state index in [0.29, 0.717) is 15.2 Å². The largest absolute Gasteiger partial charge is 0.325 e. The van der Waals surface area contributed by atoms with Gasteiger partial charge >= 0.3 is 5.69 Å². The molecule has 0 saturated heterocycles. The van der Waals surface area contributed by atoms with Gasteiger partial charge in [0.1, 0.15) is 9.61 Å². The smallest absolute Gasteiger partial charge is 0.313 e. The van der Waals surface area contributed by atoms with Crippen molar-refractivity contribution in [2.75, 3.05) is 0 Å². The summed E-state index contributed by atoms with van der Waals surface area (Å²) in [5.74, 6) is 0. The van der Waals surface area contributed by atoms with Crippen LogP contribution in [-0.4, -0.2) is 15.0 Å². The van der Waals surface area contributed by atoms with Gasteiger partial charge in [-0.25, -0.2) is 9.78 Å². The number of H-pyrrole nitrogens is 2. The van der Waals surface area contributed by atoms with E-state index < -0.39 is 11.2 Å². The highest BCUT2D eigenvalue weighted by molar-refractivity contribution is 9.10. The molecule has 0 amide bonds. The van der Waals surface area contributed by atoms with Gasteiger partial charge in [0.15, 0.2) is 0 Å². The average Bonchev–Trinajstić information content (AvgIpc) is 2.51. The lowest BCUT2D eigenvalue weighted by atomic mass is 10.3. The molecule has 0 bridgehead atoms. The highest BCUT2D eigenvalue weighted by atomic mass is 79.9. The van der Waals surface area contributed by atoms with Crippen LogP contribution >= 0.6 is 27.3 Å². The maximum Gasteiger partial charge on any atom is 0.325 e. The van der Waals surface area contributed by atoms with Crippen molar-refractivity contribution >= 4 is 27.3 Å². The van der Waals surface area contributed by atoms with E-state index in [-0.39, 0.29) is 0 Å². The summed E-state index contributed by atoms with van der Waals surface area (Å²) < 4.78 is 0.670. The molecule has 2 aromatic rings. The van der Waals surface area contributed by atoms with E-state index in [0.717, 1.165) is 0 Å². The fraction of sp³-hybridized carbons (Fsp3) is 0. The Morgan fingerprint density at radius 2 is 2.21 bits per heavy atom. The van der Waals surface area contributed by atoms with Gasteiger partial charge in [-0.15, -0.1) is 11.3 Å². The lowest BCUT2D eigenvalue weighted by molar-refractivity contribution is 1.04. The lowest BCUT2D eigenvalue weighted by Crippen LogP contribution is -2.22. The van der Waals surface area contributed by atoms with E-state index in [1.807, 2.05) is 0 Å². The Labute approximate surface area is 90.0 Å². The van der Waals surface area contributed by atoms with Gasteiger partial charge in [0.2, 0.25) is 0 Å². The van der Waals surface area contributed by atoms with E-state index in [4.69, 9.17) is 0 Å². The summed E-state index contributed by atoms with van der Waals surface area (Å²) in [5, 5.41) is 2.33. The Bertz CT molecular complexity index is 571. The Kier molecular flexibility index (Phi) is 2.34. The van der Waals surface area contributed by atoms with Crippen LogP contribution in [0.5, 0.6) is 0 Å². The molecule has 72 valence electrons. The Balaban J connectivity index is 2.63. The summed E-state index contributed by atoms with van der Waals surface area (Å²) in [6, 6.07) is 0. The predicted molar refractivity (Wildman–Crippen MR) is 56.5 cm³/mol. The zero-order chi connectivity index (χ0) is 10.1. The van der Waals surface area contributed by atoms with Crippen LogP contribution in [0.15, 0.2) is 25.8 Å². The zero-order valence-electron chi connectivity index (χ0n) is 6.70. The van der Waals surface area contributed by atoms with Crippen LogP contribution in [0.3, 0.4) is 0 Å². The number of rotatable bonds is 1. The standard InChI is InChI=1S/C7H4BrN3O2S/c8-4-2-14-6(10-4)3-1-9-7(13)11-5(3)12/h1-2H,(H2,9,11,12,13). The monoisotopic (exact) mass is 273 g/mol. The minimum atomic E-state index is -0.519. The van der Waals surface area contributed by atoms with E-state index in [1.54, 1.807) is 5.38 Å². The van der Waals surface area contributed by atoms with Crippen LogP contribution in [0.25, 0.3) is 10.6 Å². The van der Waals surface area contributed by atoms with Crippen molar-refractivity contribution in [2.24, 2.45) is 0 Å². The van der Waals surface area contributed by atoms with E-state index in [1.165, 1.54) is 17.5 Å². The Morgan fingerprint density at radius 1 is 1.43 bits per heavy atom. The molecule has 0 saturated carbocycles. The highest BCUT2D eigenvalue weighted by Crippen LogP contribution is 2.22. The maximum atomic E-state index is 11.3. The molecule has 0 radical (unpaired) electrons. The van der Waals surface area contributed by atoms with Gasteiger partial charge < -0.3 is 4.98 Å². The molecule has 0 aliphatic carbocycles. The molecule has 2 N–H and O–H groups in total. The van der Waals surface area contributed by atoms with Crippen LogP contribution in [0.4, 0.5) is 0 Å². The maximum absolute atomic E-state index is 11.3. The van der Waals surface area contributed by atoms with Crippen LogP contribution in [-0.2, 0) is 0 Å². The van der Waals surface area contributed by atoms with E-state index in [2.05, 4.69) is 30.9 Å². The third-order valence-electron chi connectivity index (χ3n) is 1.53. The number of aromatic amines is 2. The van der Waals surface area contributed by atoms with Crippen LogP contribution < -0.4 is 11.2 Å². The summed E-state index contributed by atoms with van der Waals surface area (Å²) in [6.45, 7) is 0. The van der Waals surface area contributed by atoms with Crippen molar-refractivity contribution < 1.29 is 0 Å². The summed E-state index contributed by atoms with van der Waals surface area (Å²) in [4.78, 5) is 30.7. The molecule has 0 aliphatic heterocycles. The lowest BCUT2D eigenvalue weighted by Gasteiger charge is -1.91. The first-order chi connectivity index (χ1) is 6.66. The molecule has 5 nitrogen and oxygen atoms in total. The van der Waals surface area contributed by atoms with Crippen molar-refractivity contribution in [1.82, 2.24) is 15.0 Å². The fourth-order valence-electron chi connectivity index (χ4n) is 0.947. The van der Waals surface area contributed by atoms with E-state index >= 15 is 0 Å². The minimum absolute atomic E-state index is 0.361. The third-order valence-corrected chi connectivity index (χ3v) is 3.11. The van der Waals surface area contributed by atoms with Crippen molar-refractivity contribution in [2.45, 2.75) is 0 Å². The van der Waals surface area contributed by atoms with Gasteiger partial charge in [-0.1, -0.05) is 0 Å². The van der Waals surface area contributed by atoms with Crippen LogP contribution in [0.1, 0.15) is 0 Å². The number of hydrogen-bond donors (Lipinski definition) is 2. The number of nitrogens with one attached hydrogen (secondary N) is 2. The first-order valence-corrected chi connectivity index (χ1v) is 5.27. The summed E-state index contributed by atoms with van der Waals surface area (Å²) in [7, 11) is 0.